The predicted molar refractivity (Wildman–Crippen MR) is 66.9 cm³/mol. The van der Waals surface area contributed by atoms with E-state index in [-0.39, 0.29) is 0 Å². The molecule has 0 spiro atoms. The Bertz CT molecular complexity index is 522. The van der Waals surface area contributed by atoms with Crippen LogP contribution in [0.2, 0.25) is 0 Å². The molecule has 2 aromatic rings. The first-order valence-corrected chi connectivity index (χ1v) is 6.39. The first-order chi connectivity index (χ1) is 8.33. The third-order valence-corrected chi connectivity index (χ3v) is 3.69. The van der Waals surface area contributed by atoms with E-state index in [4.69, 9.17) is 4.52 Å². The molecule has 0 radical (unpaired) electrons. The molecule has 0 saturated carbocycles. The van der Waals surface area contributed by atoms with E-state index in [1.54, 1.807) is 0 Å². The minimum Gasteiger partial charge on any atom is -0.339 e. The summed E-state index contributed by atoms with van der Waals surface area (Å²) in [7, 11) is 0. The molecule has 1 aromatic heterocycles. The maximum atomic E-state index is 5.26. The van der Waals surface area contributed by atoms with E-state index in [0.29, 0.717) is 12.3 Å². The van der Waals surface area contributed by atoms with Crippen molar-refractivity contribution in [1.82, 2.24) is 15.5 Å². The number of nitrogens with zero attached hydrogens (tertiary/aromatic N) is 2. The van der Waals surface area contributed by atoms with Gasteiger partial charge < -0.3 is 9.84 Å². The number of nitrogens with one attached hydrogen (secondary N) is 1. The summed E-state index contributed by atoms with van der Waals surface area (Å²) < 4.78 is 6.34. The molecule has 17 heavy (non-hydrogen) atoms. The highest BCUT2D eigenvalue weighted by molar-refractivity contribution is 9.10. The van der Waals surface area contributed by atoms with Gasteiger partial charge in [-0.25, -0.2) is 0 Å². The lowest BCUT2D eigenvalue weighted by molar-refractivity contribution is 0.306. The minimum atomic E-state index is 0.399. The summed E-state index contributed by atoms with van der Waals surface area (Å²) in [4.78, 5) is 4.43. The van der Waals surface area contributed by atoms with Gasteiger partial charge in [-0.1, -0.05) is 39.3 Å². The largest absolute Gasteiger partial charge is 0.339 e. The van der Waals surface area contributed by atoms with Gasteiger partial charge in [0.1, 0.15) is 0 Å². The second kappa shape index (κ2) is 4.58. The lowest BCUT2D eigenvalue weighted by Gasteiger charge is -2.22. The van der Waals surface area contributed by atoms with Crippen molar-refractivity contribution in [2.75, 3.05) is 13.1 Å². The molecule has 1 saturated heterocycles. The molecule has 2 heterocycles. The van der Waals surface area contributed by atoms with Crippen LogP contribution in [0.4, 0.5) is 0 Å². The van der Waals surface area contributed by atoms with Gasteiger partial charge in [-0.3, -0.25) is 0 Å². The fourth-order valence-corrected chi connectivity index (χ4v) is 2.21. The first-order valence-electron chi connectivity index (χ1n) is 5.59. The fourth-order valence-electron chi connectivity index (χ4n) is 1.78. The van der Waals surface area contributed by atoms with Crippen LogP contribution in [0.3, 0.4) is 0 Å². The zero-order chi connectivity index (χ0) is 11.7. The van der Waals surface area contributed by atoms with Crippen molar-refractivity contribution in [2.45, 2.75) is 12.3 Å². The Kier molecular flexibility index (Phi) is 2.94. The van der Waals surface area contributed by atoms with Crippen molar-refractivity contribution in [3.8, 4) is 0 Å². The average molecular weight is 294 g/mol. The van der Waals surface area contributed by atoms with Crippen LogP contribution >= 0.6 is 15.9 Å². The van der Waals surface area contributed by atoms with Gasteiger partial charge in [0.05, 0.1) is 5.92 Å². The maximum Gasteiger partial charge on any atom is 0.232 e. The topological polar surface area (TPSA) is 51.0 Å². The maximum absolute atomic E-state index is 5.26. The van der Waals surface area contributed by atoms with Crippen molar-refractivity contribution >= 4 is 15.9 Å². The average Bonchev–Trinajstić information content (AvgIpc) is 2.67. The van der Waals surface area contributed by atoms with E-state index in [1.807, 2.05) is 18.2 Å². The highest BCUT2D eigenvalue weighted by atomic mass is 79.9. The van der Waals surface area contributed by atoms with E-state index in [9.17, 15) is 0 Å². The van der Waals surface area contributed by atoms with Crippen LogP contribution < -0.4 is 5.32 Å². The Labute approximate surface area is 108 Å². The van der Waals surface area contributed by atoms with Crippen LogP contribution in [0.25, 0.3) is 0 Å². The van der Waals surface area contributed by atoms with Crippen LogP contribution in [0, 0.1) is 0 Å². The zero-order valence-corrected chi connectivity index (χ0v) is 10.8. The molecule has 3 rings (SSSR count). The number of hydrogen-bond acceptors (Lipinski definition) is 4. The van der Waals surface area contributed by atoms with Crippen LogP contribution in [0.15, 0.2) is 33.3 Å². The zero-order valence-electron chi connectivity index (χ0n) is 9.19. The summed E-state index contributed by atoms with van der Waals surface area (Å²) >= 11 is 3.52. The van der Waals surface area contributed by atoms with E-state index in [0.717, 1.165) is 29.3 Å². The third-order valence-electron chi connectivity index (χ3n) is 2.92. The second-order valence-corrected chi connectivity index (χ2v) is 5.03. The summed E-state index contributed by atoms with van der Waals surface area (Å²) in [5.74, 6) is 1.90. The lowest BCUT2D eigenvalue weighted by atomic mass is 10.0. The quantitative estimate of drug-likeness (QED) is 0.942. The van der Waals surface area contributed by atoms with Gasteiger partial charge in [0.15, 0.2) is 5.82 Å². The van der Waals surface area contributed by atoms with Gasteiger partial charge in [-0.2, -0.15) is 4.98 Å². The van der Waals surface area contributed by atoms with Crippen molar-refractivity contribution in [3.05, 3.63) is 46.0 Å². The number of benzene rings is 1. The molecule has 1 N–H and O–H groups in total. The molecule has 0 aliphatic carbocycles. The number of halogens is 1. The standard InChI is InChI=1S/C12H12BrN3O/c13-10-4-2-1-3-8(10)5-11-15-12(17-16-11)9-6-14-7-9/h1-4,9,14H,5-7H2. The summed E-state index contributed by atoms with van der Waals surface area (Å²) in [6.07, 6.45) is 0.699. The molecule has 0 atom stereocenters. The Morgan fingerprint density at radius 2 is 2.18 bits per heavy atom. The van der Waals surface area contributed by atoms with E-state index in [1.165, 1.54) is 5.56 Å². The van der Waals surface area contributed by atoms with E-state index < -0.39 is 0 Å². The van der Waals surface area contributed by atoms with Crippen LogP contribution in [-0.4, -0.2) is 23.2 Å². The van der Waals surface area contributed by atoms with Gasteiger partial charge in [0.25, 0.3) is 0 Å². The van der Waals surface area contributed by atoms with Crippen molar-refractivity contribution in [1.29, 1.82) is 0 Å². The smallest absolute Gasteiger partial charge is 0.232 e. The Morgan fingerprint density at radius 1 is 1.35 bits per heavy atom. The summed E-state index contributed by atoms with van der Waals surface area (Å²) in [6.45, 7) is 1.88. The molecule has 1 aromatic carbocycles. The van der Waals surface area contributed by atoms with Crippen LogP contribution in [0.1, 0.15) is 23.2 Å². The Morgan fingerprint density at radius 3 is 2.88 bits per heavy atom. The molecule has 4 nitrogen and oxygen atoms in total. The summed E-state index contributed by atoms with van der Waals surface area (Å²) in [6, 6.07) is 8.09. The molecular weight excluding hydrogens is 282 g/mol. The van der Waals surface area contributed by atoms with Gasteiger partial charge in [-0.05, 0) is 11.6 Å². The van der Waals surface area contributed by atoms with E-state index in [2.05, 4.69) is 37.5 Å². The van der Waals surface area contributed by atoms with Crippen LogP contribution in [-0.2, 0) is 6.42 Å². The molecule has 1 fully saturated rings. The van der Waals surface area contributed by atoms with Crippen molar-refractivity contribution in [2.24, 2.45) is 0 Å². The van der Waals surface area contributed by atoms with Gasteiger partial charge >= 0.3 is 0 Å². The van der Waals surface area contributed by atoms with Crippen LogP contribution in [0.5, 0.6) is 0 Å². The molecule has 88 valence electrons. The molecular formula is C12H12BrN3O. The van der Waals surface area contributed by atoms with E-state index >= 15 is 0 Å². The predicted octanol–water partition coefficient (Wildman–Crippen LogP) is 2.11. The molecule has 0 amide bonds. The van der Waals surface area contributed by atoms with Gasteiger partial charge in [0.2, 0.25) is 5.89 Å². The second-order valence-electron chi connectivity index (χ2n) is 4.17. The Hall–Kier alpha value is -1.20. The molecule has 1 aliphatic rings. The fraction of sp³-hybridized carbons (Fsp3) is 0.333. The highest BCUT2D eigenvalue weighted by Crippen LogP contribution is 2.21. The minimum absolute atomic E-state index is 0.399. The Balaban J connectivity index is 1.76. The first kappa shape index (κ1) is 10.9. The highest BCUT2D eigenvalue weighted by Gasteiger charge is 2.24. The molecule has 5 heteroatoms. The molecule has 0 bridgehead atoms. The number of hydrogen-bond donors (Lipinski definition) is 1. The van der Waals surface area contributed by atoms with Gasteiger partial charge in [0, 0.05) is 24.0 Å². The van der Waals surface area contributed by atoms with Crippen molar-refractivity contribution < 1.29 is 4.52 Å². The molecule has 0 unspecified atom stereocenters. The SMILES string of the molecule is Brc1ccccc1Cc1noc(C2CNC2)n1. The molecule has 1 aliphatic heterocycles. The van der Waals surface area contributed by atoms with Crippen molar-refractivity contribution in [3.63, 3.8) is 0 Å². The lowest BCUT2D eigenvalue weighted by Crippen LogP contribution is -2.40. The number of rotatable bonds is 3. The normalized spacial score (nSPS) is 15.8. The summed E-state index contributed by atoms with van der Waals surface area (Å²) in [5.41, 5.74) is 1.17. The number of aromatic nitrogens is 2. The third kappa shape index (κ3) is 2.25. The van der Waals surface area contributed by atoms with Gasteiger partial charge in [-0.15, -0.1) is 0 Å². The monoisotopic (exact) mass is 293 g/mol. The summed E-state index contributed by atoms with van der Waals surface area (Å²) in [5, 5.41) is 7.21.